The maximum absolute atomic E-state index is 12.9. The number of anilines is 1. The number of hydrogen-bond donors (Lipinski definition) is 1. The fourth-order valence-corrected chi connectivity index (χ4v) is 4.14. The Bertz CT molecular complexity index is 1140. The maximum Gasteiger partial charge on any atom is 0.193 e. The molecule has 4 rings (SSSR count). The molecule has 2 N–H and O–H groups in total. The van der Waals surface area contributed by atoms with Crippen LogP contribution in [0.25, 0.3) is 0 Å². The quantitative estimate of drug-likeness (QED) is 0.415. The molecule has 4 aromatic rings. The van der Waals surface area contributed by atoms with Gasteiger partial charge in [0.2, 0.25) is 0 Å². The van der Waals surface area contributed by atoms with Crippen molar-refractivity contribution < 1.29 is 9.53 Å². The minimum absolute atomic E-state index is 0.0244. The Morgan fingerprint density at radius 1 is 1.00 bits per heavy atom. The Morgan fingerprint density at radius 2 is 1.73 bits per heavy atom. The van der Waals surface area contributed by atoms with E-state index in [9.17, 15) is 4.79 Å². The van der Waals surface area contributed by atoms with E-state index in [1.165, 1.54) is 11.3 Å². The molecule has 0 saturated heterocycles. The number of hydrogen-bond acceptors (Lipinski definition) is 5. The summed E-state index contributed by atoms with van der Waals surface area (Å²) >= 11 is 1.44. The van der Waals surface area contributed by atoms with Crippen LogP contribution in [0, 0.1) is 0 Å². The Morgan fingerprint density at radius 3 is 2.40 bits per heavy atom. The van der Waals surface area contributed by atoms with Crippen molar-refractivity contribution in [1.29, 1.82) is 0 Å². The van der Waals surface area contributed by atoms with Gasteiger partial charge >= 0.3 is 0 Å². The van der Waals surface area contributed by atoms with E-state index in [2.05, 4.69) is 17.1 Å². The predicted molar refractivity (Wildman–Crippen MR) is 121 cm³/mol. The molecule has 3 aromatic carbocycles. The van der Waals surface area contributed by atoms with Gasteiger partial charge in [0.05, 0.1) is 12.8 Å². The SMILES string of the molecule is COc1ccc(C(Cc2cccc(C(=O)c3ccccc3)c2)c2csc(N)n2)cc1. The molecule has 4 nitrogen and oxygen atoms in total. The molecular formula is C25H22N2O2S. The first-order chi connectivity index (χ1) is 14.6. The lowest BCUT2D eigenvalue weighted by molar-refractivity contribution is 0.103. The first-order valence-corrected chi connectivity index (χ1v) is 10.6. The van der Waals surface area contributed by atoms with E-state index in [1.54, 1.807) is 7.11 Å². The molecule has 0 radical (unpaired) electrons. The molecule has 0 fully saturated rings. The minimum Gasteiger partial charge on any atom is -0.497 e. The standard InChI is InChI=1S/C25H22N2O2S/c1-29-21-12-10-18(11-13-21)22(23-16-30-25(26)27-23)15-17-6-5-9-20(14-17)24(28)19-7-3-2-4-8-19/h2-14,16,22H,15H2,1H3,(H2,26,27). The molecule has 1 unspecified atom stereocenters. The number of ether oxygens (including phenoxy) is 1. The van der Waals surface area contributed by atoms with Crippen molar-refractivity contribution in [1.82, 2.24) is 4.98 Å². The van der Waals surface area contributed by atoms with Crippen LogP contribution in [-0.2, 0) is 6.42 Å². The molecule has 5 heteroatoms. The van der Waals surface area contributed by atoms with Crippen molar-refractivity contribution in [3.63, 3.8) is 0 Å². The number of nitrogen functional groups attached to an aromatic ring is 1. The van der Waals surface area contributed by atoms with E-state index < -0.39 is 0 Å². The summed E-state index contributed by atoms with van der Waals surface area (Å²) in [7, 11) is 1.66. The van der Waals surface area contributed by atoms with Gasteiger partial charge in [-0.05, 0) is 35.7 Å². The summed E-state index contributed by atoms with van der Waals surface area (Å²) in [5.74, 6) is 0.869. The number of thiazole rings is 1. The normalized spacial score (nSPS) is 11.8. The Kier molecular flexibility index (Phi) is 5.91. The lowest BCUT2D eigenvalue weighted by atomic mass is 9.88. The summed E-state index contributed by atoms with van der Waals surface area (Å²) in [5, 5.41) is 2.56. The lowest BCUT2D eigenvalue weighted by Gasteiger charge is -2.17. The number of benzene rings is 3. The molecule has 0 saturated carbocycles. The van der Waals surface area contributed by atoms with Crippen LogP contribution >= 0.6 is 11.3 Å². The molecule has 1 atom stereocenters. The second kappa shape index (κ2) is 8.93. The van der Waals surface area contributed by atoms with Gasteiger partial charge in [-0.15, -0.1) is 11.3 Å². The van der Waals surface area contributed by atoms with Crippen molar-refractivity contribution in [3.05, 3.63) is 112 Å². The van der Waals surface area contributed by atoms with Gasteiger partial charge in [0.25, 0.3) is 0 Å². The van der Waals surface area contributed by atoms with Gasteiger partial charge < -0.3 is 10.5 Å². The van der Waals surface area contributed by atoms with E-state index in [0.29, 0.717) is 22.7 Å². The third-order valence-corrected chi connectivity index (χ3v) is 5.77. The first kappa shape index (κ1) is 19.9. The van der Waals surface area contributed by atoms with Crippen LogP contribution in [0.3, 0.4) is 0 Å². The van der Waals surface area contributed by atoms with Gasteiger partial charge in [-0.3, -0.25) is 4.79 Å². The monoisotopic (exact) mass is 414 g/mol. The number of nitrogens with zero attached hydrogens (tertiary/aromatic N) is 1. The van der Waals surface area contributed by atoms with Gasteiger partial charge in [0, 0.05) is 22.4 Å². The summed E-state index contributed by atoms with van der Waals surface area (Å²) in [6.45, 7) is 0. The Labute approximate surface area is 180 Å². The van der Waals surface area contributed by atoms with Gasteiger partial charge in [0.15, 0.2) is 10.9 Å². The van der Waals surface area contributed by atoms with Crippen molar-refractivity contribution >= 4 is 22.3 Å². The lowest BCUT2D eigenvalue weighted by Crippen LogP contribution is -2.07. The van der Waals surface area contributed by atoms with Crippen LogP contribution in [0.1, 0.15) is 38.7 Å². The van der Waals surface area contributed by atoms with Gasteiger partial charge in [0.1, 0.15) is 5.75 Å². The molecule has 150 valence electrons. The van der Waals surface area contributed by atoms with Crippen molar-refractivity contribution in [3.8, 4) is 5.75 Å². The van der Waals surface area contributed by atoms with Crippen LogP contribution in [0.2, 0.25) is 0 Å². The number of carbonyl (C=O) groups is 1. The van der Waals surface area contributed by atoms with Crippen LogP contribution in [-0.4, -0.2) is 17.9 Å². The number of aromatic nitrogens is 1. The third-order valence-electron chi connectivity index (χ3n) is 5.08. The van der Waals surface area contributed by atoms with Crippen molar-refractivity contribution in [2.24, 2.45) is 0 Å². The number of nitrogens with two attached hydrogens (primary N) is 1. The summed E-state index contributed by atoms with van der Waals surface area (Å²) in [4.78, 5) is 17.4. The van der Waals surface area contributed by atoms with E-state index >= 15 is 0 Å². The number of carbonyl (C=O) groups excluding carboxylic acids is 1. The molecule has 30 heavy (non-hydrogen) atoms. The van der Waals surface area contributed by atoms with E-state index in [4.69, 9.17) is 10.5 Å². The third kappa shape index (κ3) is 4.42. The largest absolute Gasteiger partial charge is 0.497 e. The number of rotatable bonds is 7. The highest BCUT2D eigenvalue weighted by Crippen LogP contribution is 2.31. The molecule has 0 spiro atoms. The van der Waals surface area contributed by atoms with Crippen LogP contribution in [0.15, 0.2) is 84.2 Å². The first-order valence-electron chi connectivity index (χ1n) is 9.67. The molecule has 0 aliphatic carbocycles. The van der Waals surface area contributed by atoms with Gasteiger partial charge in [-0.2, -0.15) is 0 Å². The number of ketones is 1. The summed E-state index contributed by atoms with van der Waals surface area (Å²) in [6, 6.07) is 25.2. The van der Waals surface area contributed by atoms with Crippen molar-refractivity contribution in [2.75, 3.05) is 12.8 Å². The van der Waals surface area contributed by atoms with Crippen LogP contribution in [0.5, 0.6) is 5.75 Å². The zero-order chi connectivity index (χ0) is 20.9. The highest BCUT2D eigenvalue weighted by Gasteiger charge is 2.19. The zero-order valence-corrected chi connectivity index (χ0v) is 17.4. The smallest absolute Gasteiger partial charge is 0.193 e. The van der Waals surface area contributed by atoms with Crippen LogP contribution in [0.4, 0.5) is 5.13 Å². The fraction of sp³-hybridized carbons (Fsp3) is 0.120. The molecule has 0 amide bonds. The summed E-state index contributed by atoms with van der Waals surface area (Å²) < 4.78 is 5.29. The predicted octanol–water partition coefficient (Wildman–Crippen LogP) is 5.34. The van der Waals surface area contributed by atoms with Gasteiger partial charge in [-0.25, -0.2) is 4.98 Å². The highest BCUT2D eigenvalue weighted by molar-refractivity contribution is 7.13. The van der Waals surface area contributed by atoms with Crippen molar-refractivity contribution in [2.45, 2.75) is 12.3 Å². The zero-order valence-electron chi connectivity index (χ0n) is 16.6. The Balaban J connectivity index is 1.65. The average Bonchev–Trinajstić information content (AvgIpc) is 3.24. The molecule has 0 bridgehead atoms. The molecule has 0 aliphatic heterocycles. The second-order valence-corrected chi connectivity index (χ2v) is 7.93. The maximum atomic E-state index is 12.9. The summed E-state index contributed by atoms with van der Waals surface area (Å²) in [5.41, 5.74) is 10.4. The second-order valence-electron chi connectivity index (χ2n) is 7.04. The molecule has 0 aliphatic rings. The number of methoxy groups -OCH3 is 1. The fourth-order valence-electron chi connectivity index (χ4n) is 3.52. The van der Waals surface area contributed by atoms with Gasteiger partial charge in [-0.1, -0.05) is 60.7 Å². The van der Waals surface area contributed by atoms with E-state index in [1.807, 2.05) is 72.1 Å². The average molecular weight is 415 g/mol. The molecule has 1 aromatic heterocycles. The van der Waals surface area contributed by atoms with Crippen LogP contribution < -0.4 is 10.5 Å². The highest BCUT2D eigenvalue weighted by atomic mass is 32.1. The van der Waals surface area contributed by atoms with E-state index in [0.717, 1.165) is 22.6 Å². The van der Waals surface area contributed by atoms with E-state index in [-0.39, 0.29) is 11.7 Å². The summed E-state index contributed by atoms with van der Waals surface area (Å²) in [6.07, 6.45) is 0.714. The Hall–Kier alpha value is -3.44. The minimum atomic E-state index is 0.0244. The molecule has 1 heterocycles. The topological polar surface area (TPSA) is 65.2 Å². The molecular weight excluding hydrogens is 392 g/mol.